The van der Waals surface area contributed by atoms with Gasteiger partial charge in [-0.25, -0.2) is 0 Å². The van der Waals surface area contributed by atoms with Crippen LogP contribution in [-0.2, 0) is 16.2 Å². The van der Waals surface area contributed by atoms with Gasteiger partial charge >= 0.3 is 6.85 Å². The van der Waals surface area contributed by atoms with E-state index in [1.807, 2.05) is 11.3 Å². The van der Waals surface area contributed by atoms with Gasteiger partial charge in [0.15, 0.2) is 0 Å². The molecule has 57 heavy (non-hydrogen) atoms. The van der Waals surface area contributed by atoms with E-state index >= 15 is 0 Å². The molecule has 1 aliphatic carbocycles. The highest BCUT2D eigenvalue weighted by Crippen LogP contribution is 2.54. The summed E-state index contributed by atoms with van der Waals surface area (Å²) < 4.78 is 7.96. The summed E-state index contributed by atoms with van der Waals surface area (Å²) in [7, 11) is 0. The molecule has 5 heteroatoms. The van der Waals surface area contributed by atoms with Gasteiger partial charge in [-0.1, -0.05) is 109 Å². The highest BCUT2D eigenvalue weighted by molar-refractivity contribution is 7.26. The lowest BCUT2D eigenvalue weighted by Gasteiger charge is -2.46. The number of hydrogen-bond donors (Lipinski definition) is 0. The number of rotatable bonds is 2. The molecule has 0 fully saturated rings. The molecule has 0 N–H and O–H groups in total. The van der Waals surface area contributed by atoms with Crippen LogP contribution in [0.2, 0.25) is 0 Å². The van der Waals surface area contributed by atoms with E-state index in [1.54, 1.807) is 0 Å². The first-order valence-electron chi connectivity index (χ1n) is 20.7. The van der Waals surface area contributed by atoms with Crippen LogP contribution in [-0.4, -0.2) is 6.85 Å². The Hall–Kier alpha value is -5.26. The van der Waals surface area contributed by atoms with Crippen molar-refractivity contribution in [1.82, 2.24) is 0 Å². The van der Waals surface area contributed by atoms with Crippen molar-refractivity contribution in [3.8, 4) is 11.1 Å². The third kappa shape index (κ3) is 4.97. The van der Waals surface area contributed by atoms with Gasteiger partial charge in [0.25, 0.3) is 0 Å². The van der Waals surface area contributed by atoms with Crippen LogP contribution in [0.1, 0.15) is 89.1 Å². The van der Waals surface area contributed by atoms with E-state index in [9.17, 15) is 0 Å². The second-order valence-electron chi connectivity index (χ2n) is 19.4. The number of thiophene rings is 1. The summed E-state index contributed by atoms with van der Waals surface area (Å²) in [6, 6.07) is 41.7. The Morgan fingerprint density at radius 3 is 2.05 bits per heavy atom. The Morgan fingerprint density at radius 2 is 1.32 bits per heavy atom. The summed E-state index contributed by atoms with van der Waals surface area (Å²) in [4.78, 5) is 5.30. The number of nitrogens with zero attached hydrogens (tertiary/aromatic N) is 2. The molecule has 4 heterocycles. The van der Waals surface area contributed by atoms with Crippen LogP contribution < -0.4 is 20.6 Å². The molecule has 282 valence electrons. The Morgan fingerprint density at radius 1 is 0.632 bits per heavy atom. The minimum atomic E-state index is -0.0545. The Bertz CT molecular complexity index is 2990. The van der Waals surface area contributed by atoms with Crippen LogP contribution in [0.25, 0.3) is 43.2 Å². The van der Waals surface area contributed by atoms with Gasteiger partial charge in [0.1, 0.15) is 11.2 Å². The third-order valence-electron chi connectivity index (χ3n) is 13.6. The van der Waals surface area contributed by atoms with Crippen molar-refractivity contribution in [2.24, 2.45) is 0 Å². The molecule has 0 saturated carbocycles. The molecule has 0 saturated heterocycles. The lowest BCUT2D eigenvalue weighted by Crippen LogP contribution is -2.61. The van der Waals surface area contributed by atoms with Gasteiger partial charge in [-0.3, -0.25) is 0 Å². The highest BCUT2D eigenvalue weighted by atomic mass is 32.1. The minimum Gasteiger partial charge on any atom is -0.456 e. The average Bonchev–Trinajstić information content (AvgIpc) is 3.74. The van der Waals surface area contributed by atoms with E-state index < -0.39 is 0 Å². The summed E-state index contributed by atoms with van der Waals surface area (Å²) in [5, 5.41) is 4.95. The van der Waals surface area contributed by atoms with Gasteiger partial charge in [-0.15, -0.1) is 11.3 Å². The maximum Gasteiger partial charge on any atom is 0.334 e. The van der Waals surface area contributed by atoms with Gasteiger partial charge in [0, 0.05) is 44.2 Å². The van der Waals surface area contributed by atoms with Gasteiger partial charge < -0.3 is 14.1 Å². The molecule has 11 rings (SSSR count). The average molecular weight is 761 g/mol. The number of anilines is 5. The van der Waals surface area contributed by atoms with Crippen LogP contribution in [0.3, 0.4) is 0 Å². The number of hydrogen-bond acceptors (Lipinski definition) is 4. The summed E-state index contributed by atoms with van der Waals surface area (Å²) in [5.41, 5.74) is 19.3. The van der Waals surface area contributed by atoms with Crippen molar-refractivity contribution >= 4 is 88.9 Å². The quantitative estimate of drug-likeness (QED) is 0.164. The Labute approximate surface area is 341 Å². The first-order valence-corrected chi connectivity index (χ1v) is 21.5. The van der Waals surface area contributed by atoms with E-state index in [-0.39, 0.29) is 23.1 Å². The molecule has 2 aromatic heterocycles. The SMILES string of the molecule is Cc1cc2c3c(c1)N(c1cc4c(cc1C)C(C)(C)CCC4(C)C)c1sc4ccccc4c1B3N(c1ccc(C(C)(C)C)cc1)c1cc3oc4ccccc4c3cc1-2. The Balaban J connectivity index is 1.26. The minimum absolute atomic E-state index is 0.0503. The van der Waals surface area contributed by atoms with Crippen LogP contribution >= 0.6 is 11.3 Å². The van der Waals surface area contributed by atoms with Gasteiger partial charge in [0.05, 0.1) is 10.7 Å². The van der Waals surface area contributed by atoms with Crippen molar-refractivity contribution in [3.63, 3.8) is 0 Å². The molecule has 0 unspecified atom stereocenters. The molecule has 0 amide bonds. The molecular formula is C52H49BN2OS. The van der Waals surface area contributed by atoms with Crippen LogP contribution in [0.5, 0.6) is 0 Å². The van der Waals surface area contributed by atoms with Gasteiger partial charge in [-0.05, 0) is 135 Å². The molecule has 3 nitrogen and oxygen atoms in total. The van der Waals surface area contributed by atoms with E-state index in [0.717, 1.165) is 21.9 Å². The summed E-state index contributed by atoms with van der Waals surface area (Å²) >= 11 is 1.94. The molecule has 0 atom stereocenters. The maximum absolute atomic E-state index is 6.64. The monoisotopic (exact) mass is 760 g/mol. The summed E-state index contributed by atoms with van der Waals surface area (Å²) in [5.74, 6) is 0. The van der Waals surface area contributed by atoms with Crippen molar-refractivity contribution in [2.45, 2.75) is 91.4 Å². The van der Waals surface area contributed by atoms with E-state index in [0.29, 0.717) is 0 Å². The molecule has 8 aromatic rings. The zero-order valence-electron chi connectivity index (χ0n) is 34.6. The topological polar surface area (TPSA) is 19.6 Å². The normalized spacial score (nSPS) is 16.5. The lowest BCUT2D eigenvalue weighted by molar-refractivity contribution is 0.332. The summed E-state index contributed by atoms with van der Waals surface area (Å²) in [6.45, 7) is 21.2. The zero-order chi connectivity index (χ0) is 39.3. The standard InChI is InChI=1S/C52H49BN2OS/c1-30-24-38-36-27-37-34-14-10-12-16-44(34)56-45(37)29-42(36)55(33-20-18-32(19-21-33)50(3,4)5)53-47(38)43(25-30)54(49-48(53)35-15-11-13-17-46(35)57-49)41-28-40-39(26-31(41)2)51(6,7)22-23-52(40,8)9/h10-21,24-29H,22-23H2,1-9H3. The smallest absolute Gasteiger partial charge is 0.334 e. The number of furan rings is 1. The summed E-state index contributed by atoms with van der Waals surface area (Å²) in [6.07, 6.45) is 2.39. The molecule has 6 aromatic carbocycles. The number of para-hydroxylation sites is 1. The maximum atomic E-state index is 6.64. The van der Waals surface area contributed by atoms with Crippen LogP contribution in [0.4, 0.5) is 27.8 Å². The molecule has 3 aliphatic rings. The molecule has 0 spiro atoms. The third-order valence-corrected chi connectivity index (χ3v) is 14.8. The second kappa shape index (κ2) is 11.7. The zero-order valence-corrected chi connectivity index (χ0v) is 35.4. The van der Waals surface area contributed by atoms with Gasteiger partial charge in [0.2, 0.25) is 0 Å². The van der Waals surface area contributed by atoms with E-state index in [2.05, 4.69) is 181 Å². The fourth-order valence-electron chi connectivity index (χ4n) is 10.4. The van der Waals surface area contributed by atoms with E-state index in [1.165, 1.54) is 101 Å². The lowest BCUT2D eigenvalue weighted by atomic mass is 9.43. The number of aryl methyl sites for hydroxylation is 2. The molecule has 0 radical (unpaired) electrons. The second-order valence-corrected chi connectivity index (χ2v) is 20.4. The number of fused-ring (bicyclic) bond motifs is 10. The fourth-order valence-corrected chi connectivity index (χ4v) is 11.6. The van der Waals surface area contributed by atoms with E-state index in [4.69, 9.17) is 4.42 Å². The van der Waals surface area contributed by atoms with Crippen molar-refractivity contribution in [3.05, 3.63) is 137 Å². The van der Waals surface area contributed by atoms with Crippen molar-refractivity contribution in [2.75, 3.05) is 9.71 Å². The highest BCUT2D eigenvalue weighted by Gasteiger charge is 2.48. The Kier molecular flexibility index (Phi) is 7.15. The predicted octanol–water partition coefficient (Wildman–Crippen LogP) is 13.8. The van der Waals surface area contributed by atoms with Gasteiger partial charge in [-0.2, -0.15) is 0 Å². The molecule has 0 bridgehead atoms. The fraction of sp³-hybridized carbons (Fsp3) is 0.269. The van der Waals surface area contributed by atoms with Crippen LogP contribution in [0, 0.1) is 13.8 Å². The van der Waals surface area contributed by atoms with Crippen molar-refractivity contribution in [1.29, 1.82) is 0 Å². The number of benzene rings is 6. The largest absolute Gasteiger partial charge is 0.456 e. The molecule has 2 aliphatic heterocycles. The van der Waals surface area contributed by atoms with Crippen LogP contribution in [0.15, 0.2) is 114 Å². The first kappa shape index (κ1) is 35.0. The first-order chi connectivity index (χ1) is 27.2. The molecular weight excluding hydrogens is 711 g/mol. The predicted molar refractivity (Wildman–Crippen MR) is 246 cm³/mol. The van der Waals surface area contributed by atoms with Crippen molar-refractivity contribution < 1.29 is 4.42 Å².